The predicted octanol–water partition coefficient (Wildman–Crippen LogP) is 2.94. The zero-order valence-corrected chi connectivity index (χ0v) is 13.4. The average Bonchev–Trinajstić information content (AvgIpc) is 2.55. The number of ether oxygens (including phenoxy) is 3. The van der Waals surface area contributed by atoms with E-state index in [0.717, 1.165) is 5.56 Å². The molecule has 1 aliphatic heterocycles. The van der Waals surface area contributed by atoms with Crippen LogP contribution in [0.3, 0.4) is 0 Å². The van der Waals surface area contributed by atoms with E-state index in [2.05, 4.69) is 4.74 Å². The first-order chi connectivity index (χ1) is 11.0. The highest BCUT2D eigenvalue weighted by Crippen LogP contribution is 2.34. The van der Waals surface area contributed by atoms with Gasteiger partial charge in [-0.05, 0) is 17.6 Å². The number of hydrogen-bond donors (Lipinski definition) is 0. The van der Waals surface area contributed by atoms with Crippen molar-refractivity contribution in [2.75, 3.05) is 14.2 Å². The second-order valence-corrected chi connectivity index (χ2v) is 5.35. The van der Waals surface area contributed by atoms with E-state index in [1.54, 1.807) is 0 Å². The fourth-order valence-corrected chi connectivity index (χ4v) is 2.50. The summed E-state index contributed by atoms with van der Waals surface area (Å²) in [6.45, 7) is 1.99. The molecule has 1 heterocycles. The minimum atomic E-state index is -0.662. The minimum absolute atomic E-state index is 0.130. The molecule has 1 aliphatic rings. The lowest BCUT2D eigenvalue weighted by Crippen LogP contribution is -2.21. The second kappa shape index (κ2) is 7.63. The predicted molar refractivity (Wildman–Crippen MR) is 84.2 cm³/mol. The first kappa shape index (κ1) is 16.8. The van der Waals surface area contributed by atoms with Crippen LogP contribution in [0.1, 0.15) is 24.8 Å². The Balaban J connectivity index is 2.36. The van der Waals surface area contributed by atoms with Crippen LogP contribution >= 0.6 is 0 Å². The van der Waals surface area contributed by atoms with Crippen LogP contribution in [0, 0.1) is 5.92 Å². The van der Waals surface area contributed by atoms with Gasteiger partial charge in [0.25, 0.3) is 0 Å². The first-order valence-electron chi connectivity index (χ1n) is 7.36. The van der Waals surface area contributed by atoms with Crippen LogP contribution in [-0.2, 0) is 23.8 Å². The number of hydrogen-bond acceptors (Lipinski definition) is 5. The summed E-state index contributed by atoms with van der Waals surface area (Å²) in [4.78, 5) is 23.7. The Labute approximate surface area is 135 Å². The van der Waals surface area contributed by atoms with Gasteiger partial charge >= 0.3 is 11.9 Å². The zero-order valence-electron chi connectivity index (χ0n) is 13.4. The molecule has 0 saturated heterocycles. The van der Waals surface area contributed by atoms with Crippen molar-refractivity contribution in [3.8, 4) is 0 Å². The topological polar surface area (TPSA) is 61.8 Å². The summed E-state index contributed by atoms with van der Waals surface area (Å²) in [5.74, 6) is -0.476. The van der Waals surface area contributed by atoms with E-state index < -0.39 is 17.9 Å². The van der Waals surface area contributed by atoms with E-state index >= 15 is 0 Å². The second-order valence-electron chi connectivity index (χ2n) is 5.35. The monoisotopic (exact) mass is 316 g/mol. The van der Waals surface area contributed by atoms with Crippen LogP contribution < -0.4 is 0 Å². The van der Waals surface area contributed by atoms with Crippen molar-refractivity contribution in [2.45, 2.75) is 19.3 Å². The first-order valence-corrected chi connectivity index (χ1v) is 7.36. The van der Waals surface area contributed by atoms with Gasteiger partial charge in [-0.3, -0.25) is 4.79 Å². The van der Waals surface area contributed by atoms with Gasteiger partial charge in [0, 0.05) is 6.42 Å². The summed E-state index contributed by atoms with van der Waals surface area (Å²) in [7, 11) is 2.65. The summed E-state index contributed by atoms with van der Waals surface area (Å²) >= 11 is 0. The minimum Gasteiger partial charge on any atom is -0.468 e. The van der Waals surface area contributed by atoms with Crippen LogP contribution in [0.25, 0.3) is 0 Å². The van der Waals surface area contributed by atoms with Crippen molar-refractivity contribution >= 4 is 11.9 Å². The molecule has 0 amide bonds. The van der Waals surface area contributed by atoms with E-state index in [9.17, 15) is 9.59 Å². The Kier molecular flexibility index (Phi) is 5.57. The molecule has 0 N–H and O–H groups in total. The lowest BCUT2D eigenvalue weighted by Gasteiger charge is -2.26. The molecule has 0 aliphatic carbocycles. The molecule has 0 bridgehead atoms. The van der Waals surface area contributed by atoms with Gasteiger partial charge in [0.15, 0.2) is 0 Å². The van der Waals surface area contributed by atoms with Crippen LogP contribution in [0.4, 0.5) is 0 Å². The molecule has 0 aromatic heterocycles. The molecule has 2 rings (SSSR count). The number of rotatable bonds is 4. The Morgan fingerprint density at radius 2 is 1.91 bits per heavy atom. The van der Waals surface area contributed by atoms with Gasteiger partial charge in [0.2, 0.25) is 0 Å². The summed E-state index contributed by atoms with van der Waals surface area (Å²) in [6.07, 6.45) is 3.77. The van der Waals surface area contributed by atoms with Gasteiger partial charge in [0.05, 0.1) is 20.3 Å². The smallest absolute Gasteiger partial charge is 0.333 e. The third-order valence-electron chi connectivity index (χ3n) is 3.56. The van der Waals surface area contributed by atoms with Crippen molar-refractivity contribution in [3.05, 3.63) is 59.6 Å². The SMILES string of the molecule is COC(=O)/C=C1/CC(C)C=C(C(C(=O)OC)c2ccccc2)O1. The Morgan fingerprint density at radius 1 is 1.22 bits per heavy atom. The number of benzene rings is 1. The quantitative estimate of drug-likeness (QED) is 0.631. The van der Waals surface area contributed by atoms with E-state index in [1.165, 1.54) is 20.3 Å². The summed E-state index contributed by atoms with van der Waals surface area (Å²) in [5, 5.41) is 0. The molecule has 1 aromatic rings. The molecule has 0 fully saturated rings. The van der Waals surface area contributed by atoms with Crippen molar-refractivity contribution in [2.24, 2.45) is 5.92 Å². The fourth-order valence-electron chi connectivity index (χ4n) is 2.50. The Hall–Kier alpha value is -2.56. The lowest BCUT2D eigenvalue weighted by atomic mass is 9.92. The van der Waals surface area contributed by atoms with Crippen LogP contribution in [0.2, 0.25) is 0 Å². The third kappa shape index (κ3) is 4.22. The highest BCUT2D eigenvalue weighted by molar-refractivity contribution is 5.83. The van der Waals surface area contributed by atoms with Crippen LogP contribution in [-0.4, -0.2) is 26.2 Å². The molecular weight excluding hydrogens is 296 g/mol. The molecule has 23 heavy (non-hydrogen) atoms. The lowest BCUT2D eigenvalue weighted by molar-refractivity contribution is -0.142. The molecule has 0 saturated carbocycles. The Morgan fingerprint density at radius 3 is 2.52 bits per heavy atom. The van der Waals surface area contributed by atoms with Gasteiger partial charge in [0.1, 0.15) is 17.4 Å². The van der Waals surface area contributed by atoms with E-state index in [1.807, 2.05) is 43.3 Å². The maximum atomic E-state index is 12.2. The summed E-state index contributed by atoms with van der Waals surface area (Å²) in [6, 6.07) is 9.26. The van der Waals surface area contributed by atoms with Crippen LogP contribution in [0.5, 0.6) is 0 Å². The van der Waals surface area contributed by atoms with Crippen molar-refractivity contribution < 1.29 is 23.8 Å². The number of carbonyl (C=O) groups excluding carboxylic acids is 2. The average molecular weight is 316 g/mol. The maximum absolute atomic E-state index is 12.2. The van der Waals surface area contributed by atoms with Gasteiger partial charge < -0.3 is 14.2 Å². The van der Waals surface area contributed by atoms with Crippen molar-refractivity contribution in [1.29, 1.82) is 0 Å². The number of esters is 2. The molecule has 0 radical (unpaired) electrons. The van der Waals surface area contributed by atoms with E-state index in [0.29, 0.717) is 17.9 Å². The molecule has 5 heteroatoms. The third-order valence-corrected chi connectivity index (χ3v) is 3.56. The molecule has 122 valence electrons. The summed E-state index contributed by atoms with van der Waals surface area (Å²) < 4.78 is 15.3. The zero-order chi connectivity index (χ0) is 16.8. The van der Waals surface area contributed by atoms with Gasteiger partial charge in [-0.1, -0.05) is 37.3 Å². The molecule has 1 aromatic carbocycles. The Bertz CT molecular complexity index is 630. The van der Waals surface area contributed by atoms with Crippen LogP contribution in [0.15, 0.2) is 54.0 Å². The van der Waals surface area contributed by atoms with Crippen molar-refractivity contribution in [1.82, 2.24) is 0 Å². The van der Waals surface area contributed by atoms with E-state index in [-0.39, 0.29) is 5.92 Å². The summed E-state index contributed by atoms with van der Waals surface area (Å²) in [5.41, 5.74) is 0.775. The highest BCUT2D eigenvalue weighted by atomic mass is 16.5. The fraction of sp³-hybridized carbons (Fsp3) is 0.333. The van der Waals surface area contributed by atoms with E-state index in [4.69, 9.17) is 9.47 Å². The number of carbonyl (C=O) groups is 2. The molecule has 2 atom stereocenters. The molecule has 0 spiro atoms. The van der Waals surface area contributed by atoms with Gasteiger partial charge in [-0.15, -0.1) is 0 Å². The molecular formula is C18H20O5. The van der Waals surface area contributed by atoms with Crippen molar-refractivity contribution in [3.63, 3.8) is 0 Å². The van der Waals surface area contributed by atoms with Gasteiger partial charge in [-0.2, -0.15) is 0 Å². The number of allylic oxidation sites excluding steroid dienone is 2. The largest absolute Gasteiger partial charge is 0.468 e. The number of methoxy groups -OCH3 is 2. The standard InChI is InChI=1S/C18H20O5/c1-12-9-14(11-16(19)21-2)23-15(10-12)17(18(20)22-3)13-7-5-4-6-8-13/h4-8,10-12,17H,9H2,1-3H3/b14-11-. The highest BCUT2D eigenvalue weighted by Gasteiger charge is 2.31. The molecule has 5 nitrogen and oxygen atoms in total. The maximum Gasteiger partial charge on any atom is 0.333 e. The van der Waals surface area contributed by atoms with Gasteiger partial charge in [-0.25, -0.2) is 4.79 Å². The normalized spacial score (nSPS) is 20.2. The molecule has 2 unspecified atom stereocenters.